The first-order valence-electron chi connectivity index (χ1n) is 7.41. The Morgan fingerprint density at radius 3 is 2.58 bits per heavy atom. The summed E-state index contributed by atoms with van der Waals surface area (Å²) >= 11 is 6.04. The molecule has 0 aliphatic heterocycles. The minimum Gasteiger partial charge on any atom is -0.497 e. The molecule has 1 N–H and O–H groups in total. The lowest BCUT2D eigenvalue weighted by Gasteiger charge is -2.06. The molecule has 5 heteroatoms. The molecule has 0 saturated heterocycles. The number of ether oxygens (including phenoxy) is 1. The SMILES string of the molecule is COc1ccc(CCNC(=O)/C(C#N)=C/c2ccccc2Cl)cc1. The number of nitrogens with zero attached hydrogens (tertiary/aromatic N) is 1. The van der Waals surface area contributed by atoms with Gasteiger partial charge in [-0.25, -0.2) is 0 Å². The monoisotopic (exact) mass is 340 g/mol. The number of benzene rings is 2. The van der Waals surface area contributed by atoms with E-state index in [0.29, 0.717) is 23.6 Å². The van der Waals surface area contributed by atoms with Gasteiger partial charge in [0.2, 0.25) is 0 Å². The quantitative estimate of drug-likeness (QED) is 0.645. The molecule has 0 atom stereocenters. The fourth-order valence-electron chi connectivity index (χ4n) is 2.10. The Morgan fingerprint density at radius 2 is 1.96 bits per heavy atom. The van der Waals surface area contributed by atoms with Gasteiger partial charge in [0.05, 0.1) is 7.11 Å². The predicted molar refractivity (Wildman–Crippen MR) is 94.7 cm³/mol. The highest BCUT2D eigenvalue weighted by atomic mass is 35.5. The average Bonchev–Trinajstić information content (AvgIpc) is 2.61. The van der Waals surface area contributed by atoms with Gasteiger partial charge in [-0.1, -0.05) is 41.9 Å². The molecule has 1 amide bonds. The van der Waals surface area contributed by atoms with Gasteiger partial charge in [0, 0.05) is 11.6 Å². The lowest BCUT2D eigenvalue weighted by Crippen LogP contribution is -2.26. The van der Waals surface area contributed by atoms with Crippen molar-refractivity contribution in [2.75, 3.05) is 13.7 Å². The van der Waals surface area contributed by atoms with Crippen LogP contribution in [0.3, 0.4) is 0 Å². The molecule has 24 heavy (non-hydrogen) atoms. The lowest BCUT2D eigenvalue weighted by molar-refractivity contribution is -0.117. The summed E-state index contributed by atoms with van der Waals surface area (Å²) in [6.07, 6.45) is 2.16. The summed E-state index contributed by atoms with van der Waals surface area (Å²) in [5, 5.41) is 12.4. The van der Waals surface area contributed by atoms with Crippen LogP contribution in [0.4, 0.5) is 0 Å². The normalized spacial score (nSPS) is 10.8. The van der Waals surface area contributed by atoms with Crippen LogP contribution < -0.4 is 10.1 Å². The molecular weight excluding hydrogens is 324 g/mol. The molecule has 2 aromatic carbocycles. The van der Waals surface area contributed by atoms with E-state index in [1.54, 1.807) is 31.4 Å². The van der Waals surface area contributed by atoms with E-state index in [0.717, 1.165) is 11.3 Å². The highest BCUT2D eigenvalue weighted by molar-refractivity contribution is 6.32. The van der Waals surface area contributed by atoms with Crippen molar-refractivity contribution in [1.82, 2.24) is 5.32 Å². The molecule has 0 heterocycles. The maximum absolute atomic E-state index is 12.1. The smallest absolute Gasteiger partial charge is 0.261 e. The van der Waals surface area contributed by atoms with Crippen molar-refractivity contribution in [3.8, 4) is 11.8 Å². The number of hydrogen-bond acceptors (Lipinski definition) is 3. The van der Waals surface area contributed by atoms with Crippen LogP contribution in [-0.2, 0) is 11.2 Å². The molecule has 2 aromatic rings. The van der Waals surface area contributed by atoms with Gasteiger partial charge in [0.15, 0.2) is 0 Å². The van der Waals surface area contributed by atoms with Crippen molar-refractivity contribution < 1.29 is 9.53 Å². The zero-order chi connectivity index (χ0) is 17.4. The van der Waals surface area contributed by atoms with E-state index in [9.17, 15) is 10.1 Å². The molecule has 0 aromatic heterocycles. The Balaban J connectivity index is 1.95. The number of nitriles is 1. The van der Waals surface area contributed by atoms with Crippen LogP contribution in [0.15, 0.2) is 54.1 Å². The largest absolute Gasteiger partial charge is 0.497 e. The Morgan fingerprint density at radius 1 is 1.25 bits per heavy atom. The number of rotatable bonds is 6. The zero-order valence-corrected chi connectivity index (χ0v) is 14.0. The van der Waals surface area contributed by atoms with Gasteiger partial charge in [-0.15, -0.1) is 0 Å². The average molecular weight is 341 g/mol. The van der Waals surface area contributed by atoms with Gasteiger partial charge in [-0.05, 0) is 41.8 Å². The number of carbonyl (C=O) groups excluding carboxylic acids is 1. The van der Waals surface area contributed by atoms with Crippen LogP contribution in [0.2, 0.25) is 5.02 Å². The van der Waals surface area contributed by atoms with Crippen LogP contribution in [-0.4, -0.2) is 19.6 Å². The summed E-state index contributed by atoms with van der Waals surface area (Å²) in [6.45, 7) is 0.437. The van der Waals surface area contributed by atoms with Gasteiger partial charge in [-0.3, -0.25) is 4.79 Å². The van der Waals surface area contributed by atoms with Crippen molar-refractivity contribution in [3.05, 3.63) is 70.3 Å². The fraction of sp³-hybridized carbons (Fsp3) is 0.158. The number of halogens is 1. The molecule has 0 unspecified atom stereocenters. The summed E-state index contributed by atoms with van der Waals surface area (Å²) in [7, 11) is 1.62. The van der Waals surface area contributed by atoms with Crippen molar-refractivity contribution >= 4 is 23.6 Å². The molecule has 4 nitrogen and oxygen atoms in total. The lowest BCUT2D eigenvalue weighted by atomic mass is 10.1. The topological polar surface area (TPSA) is 62.1 Å². The third-order valence-electron chi connectivity index (χ3n) is 3.43. The van der Waals surface area contributed by atoms with Gasteiger partial charge >= 0.3 is 0 Å². The number of nitrogens with one attached hydrogen (secondary N) is 1. The van der Waals surface area contributed by atoms with Crippen molar-refractivity contribution in [3.63, 3.8) is 0 Å². The third-order valence-corrected chi connectivity index (χ3v) is 3.77. The molecule has 2 rings (SSSR count). The highest BCUT2D eigenvalue weighted by Crippen LogP contribution is 2.18. The standard InChI is InChI=1S/C19H17ClN2O2/c1-24-17-8-6-14(7-9-17)10-11-22-19(23)16(13-21)12-15-4-2-3-5-18(15)20/h2-9,12H,10-11H2,1H3,(H,22,23)/b16-12+. The van der Waals surface area contributed by atoms with Crippen molar-refractivity contribution in [2.45, 2.75) is 6.42 Å². The Labute approximate surface area is 146 Å². The Kier molecular flexibility index (Phi) is 6.41. The molecule has 0 saturated carbocycles. The molecule has 0 radical (unpaired) electrons. The minimum absolute atomic E-state index is 0.0258. The van der Waals surface area contributed by atoms with E-state index in [-0.39, 0.29) is 5.57 Å². The predicted octanol–water partition coefficient (Wildman–Crippen LogP) is 3.61. The van der Waals surface area contributed by atoms with E-state index in [2.05, 4.69) is 5.32 Å². The second-order valence-corrected chi connectivity index (χ2v) is 5.45. The van der Waals surface area contributed by atoms with Crippen LogP contribution in [0.5, 0.6) is 5.75 Å². The second-order valence-electron chi connectivity index (χ2n) is 5.05. The second kappa shape index (κ2) is 8.76. The van der Waals surface area contributed by atoms with Crippen molar-refractivity contribution in [1.29, 1.82) is 5.26 Å². The fourth-order valence-corrected chi connectivity index (χ4v) is 2.29. The van der Waals surface area contributed by atoms with Crippen LogP contribution in [0.25, 0.3) is 6.08 Å². The van der Waals surface area contributed by atoms with Crippen molar-refractivity contribution in [2.24, 2.45) is 0 Å². The molecule has 0 aliphatic carbocycles. The first-order valence-corrected chi connectivity index (χ1v) is 7.79. The first kappa shape index (κ1) is 17.6. The van der Waals surface area contributed by atoms with Crippen LogP contribution in [0, 0.1) is 11.3 Å². The summed E-state index contributed by atoms with van der Waals surface area (Å²) < 4.78 is 5.10. The first-order chi connectivity index (χ1) is 11.6. The number of methoxy groups -OCH3 is 1. The van der Waals surface area contributed by atoms with Gasteiger partial charge in [0.25, 0.3) is 5.91 Å². The highest BCUT2D eigenvalue weighted by Gasteiger charge is 2.09. The van der Waals surface area contributed by atoms with E-state index >= 15 is 0 Å². The summed E-state index contributed by atoms with van der Waals surface area (Å²) in [4.78, 5) is 12.1. The number of hydrogen-bond donors (Lipinski definition) is 1. The summed E-state index contributed by atoms with van der Waals surface area (Å²) in [5.41, 5.74) is 1.74. The molecule has 0 fully saturated rings. The Hall–Kier alpha value is -2.77. The molecule has 0 aliphatic rings. The summed E-state index contributed by atoms with van der Waals surface area (Å²) in [5.74, 6) is 0.378. The van der Waals surface area contributed by atoms with Crippen LogP contribution >= 0.6 is 11.6 Å². The minimum atomic E-state index is -0.411. The van der Waals surface area contributed by atoms with Gasteiger partial charge in [0.1, 0.15) is 17.4 Å². The molecule has 0 bridgehead atoms. The van der Waals surface area contributed by atoms with Crippen LogP contribution in [0.1, 0.15) is 11.1 Å². The maximum Gasteiger partial charge on any atom is 0.261 e. The van der Waals surface area contributed by atoms with E-state index in [1.165, 1.54) is 6.08 Å². The van der Waals surface area contributed by atoms with E-state index < -0.39 is 5.91 Å². The Bertz CT molecular complexity index is 777. The maximum atomic E-state index is 12.1. The van der Waals surface area contributed by atoms with Gasteiger partial charge in [-0.2, -0.15) is 5.26 Å². The molecular formula is C19H17ClN2O2. The number of carbonyl (C=O) groups is 1. The summed E-state index contributed by atoms with van der Waals surface area (Å²) in [6, 6.07) is 16.6. The number of amides is 1. The zero-order valence-electron chi connectivity index (χ0n) is 13.3. The molecule has 0 spiro atoms. The van der Waals surface area contributed by atoms with E-state index in [1.807, 2.05) is 30.3 Å². The van der Waals surface area contributed by atoms with E-state index in [4.69, 9.17) is 16.3 Å². The molecule has 122 valence electrons. The van der Waals surface area contributed by atoms with Gasteiger partial charge < -0.3 is 10.1 Å². The third kappa shape index (κ3) is 4.87.